The van der Waals surface area contributed by atoms with E-state index in [0.29, 0.717) is 6.54 Å². The summed E-state index contributed by atoms with van der Waals surface area (Å²) >= 11 is 0. The van der Waals surface area contributed by atoms with Crippen molar-refractivity contribution in [3.05, 3.63) is 48.2 Å². The SMILES string of the molecule is Cc1cc(NC(=O)CN2CCCCCC2)c2ccc3ccccc3c2n1. The second-order valence-corrected chi connectivity index (χ2v) is 7.23. The lowest BCUT2D eigenvalue weighted by Gasteiger charge is -2.19. The van der Waals surface area contributed by atoms with Crippen molar-refractivity contribution in [3.8, 4) is 0 Å². The van der Waals surface area contributed by atoms with Gasteiger partial charge in [0.05, 0.1) is 17.7 Å². The number of aromatic nitrogens is 1. The number of likely N-dealkylation sites (tertiary alicyclic amines) is 1. The van der Waals surface area contributed by atoms with Crippen LogP contribution in [0.15, 0.2) is 42.5 Å². The van der Waals surface area contributed by atoms with Crippen molar-refractivity contribution < 1.29 is 4.79 Å². The van der Waals surface area contributed by atoms with Gasteiger partial charge in [-0.2, -0.15) is 0 Å². The van der Waals surface area contributed by atoms with E-state index >= 15 is 0 Å². The fourth-order valence-electron chi connectivity index (χ4n) is 3.88. The van der Waals surface area contributed by atoms with Gasteiger partial charge >= 0.3 is 0 Å². The highest BCUT2D eigenvalue weighted by Gasteiger charge is 2.15. The Morgan fingerprint density at radius 2 is 1.81 bits per heavy atom. The molecule has 1 aliphatic heterocycles. The number of anilines is 1. The molecule has 1 aromatic heterocycles. The molecular formula is C22H25N3O. The Bertz CT molecular complexity index is 943. The molecule has 2 heterocycles. The van der Waals surface area contributed by atoms with Crippen molar-refractivity contribution in [1.29, 1.82) is 0 Å². The summed E-state index contributed by atoms with van der Waals surface area (Å²) in [4.78, 5) is 19.6. The Balaban J connectivity index is 1.63. The van der Waals surface area contributed by atoms with Crippen LogP contribution in [0.1, 0.15) is 31.4 Å². The largest absolute Gasteiger partial charge is 0.324 e. The Kier molecular flexibility index (Phi) is 4.85. The van der Waals surface area contributed by atoms with Gasteiger partial charge in [-0.05, 0) is 44.3 Å². The molecule has 3 aromatic rings. The van der Waals surface area contributed by atoms with Crippen molar-refractivity contribution >= 4 is 33.3 Å². The molecule has 1 saturated heterocycles. The van der Waals surface area contributed by atoms with Crippen LogP contribution in [0.5, 0.6) is 0 Å². The number of amides is 1. The third-order valence-corrected chi connectivity index (χ3v) is 5.17. The van der Waals surface area contributed by atoms with E-state index in [1.807, 2.05) is 25.1 Å². The molecule has 0 aliphatic carbocycles. The van der Waals surface area contributed by atoms with Crippen LogP contribution < -0.4 is 5.32 Å². The van der Waals surface area contributed by atoms with Gasteiger partial charge in [0, 0.05) is 16.5 Å². The second-order valence-electron chi connectivity index (χ2n) is 7.23. The number of hydrogen-bond donors (Lipinski definition) is 1. The lowest BCUT2D eigenvalue weighted by Crippen LogP contribution is -2.34. The molecule has 0 bridgehead atoms. The van der Waals surface area contributed by atoms with Crippen LogP contribution in [0, 0.1) is 6.92 Å². The molecule has 1 N–H and O–H groups in total. The first-order chi connectivity index (χ1) is 12.7. The first kappa shape index (κ1) is 17.0. The van der Waals surface area contributed by atoms with Crippen LogP contribution in [0.25, 0.3) is 21.7 Å². The van der Waals surface area contributed by atoms with Crippen LogP contribution in [0.3, 0.4) is 0 Å². The van der Waals surface area contributed by atoms with Crippen molar-refractivity contribution in [1.82, 2.24) is 9.88 Å². The summed E-state index contributed by atoms with van der Waals surface area (Å²) in [6, 6.07) is 14.4. The van der Waals surface area contributed by atoms with E-state index < -0.39 is 0 Å². The van der Waals surface area contributed by atoms with Crippen LogP contribution in [-0.4, -0.2) is 35.4 Å². The van der Waals surface area contributed by atoms with Gasteiger partial charge in [-0.25, -0.2) is 0 Å². The molecule has 4 rings (SSSR count). The highest BCUT2D eigenvalue weighted by Crippen LogP contribution is 2.29. The Labute approximate surface area is 154 Å². The van der Waals surface area contributed by atoms with Gasteiger partial charge in [-0.3, -0.25) is 14.7 Å². The van der Waals surface area contributed by atoms with Crippen molar-refractivity contribution in [3.63, 3.8) is 0 Å². The molecule has 26 heavy (non-hydrogen) atoms. The van der Waals surface area contributed by atoms with Gasteiger partial charge in [0.15, 0.2) is 0 Å². The molecule has 1 fully saturated rings. The average Bonchev–Trinajstić information content (AvgIpc) is 2.90. The van der Waals surface area contributed by atoms with Gasteiger partial charge in [-0.15, -0.1) is 0 Å². The standard InChI is InChI=1S/C22H25N3O/c1-16-14-20(24-21(26)15-25-12-6-2-3-7-13-25)19-11-10-17-8-4-5-9-18(17)22(19)23-16/h4-5,8-11,14H,2-3,6-7,12-13,15H2,1H3,(H,23,24,26). The minimum absolute atomic E-state index is 0.0620. The summed E-state index contributed by atoms with van der Waals surface area (Å²) in [5, 5.41) is 6.42. The minimum atomic E-state index is 0.0620. The zero-order valence-electron chi connectivity index (χ0n) is 15.3. The third-order valence-electron chi connectivity index (χ3n) is 5.17. The topological polar surface area (TPSA) is 45.2 Å². The van der Waals surface area contributed by atoms with E-state index in [-0.39, 0.29) is 5.91 Å². The van der Waals surface area contributed by atoms with Crippen LogP contribution in [0.4, 0.5) is 5.69 Å². The second kappa shape index (κ2) is 7.42. The Morgan fingerprint density at radius 1 is 1.04 bits per heavy atom. The van der Waals surface area contributed by atoms with E-state index in [2.05, 4.69) is 34.5 Å². The number of carbonyl (C=O) groups is 1. The summed E-state index contributed by atoms with van der Waals surface area (Å²) in [5.41, 5.74) is 2.73. The first-order valence-electron chi connectivity index (χ1n) is 9.52. The zero-order valence-corrected chi connectivity index (χ0v) is 15.3. The number of rotatable bonds is 3. The lowest BCUT2D eigenvalue weighted by molar-refractivity contribution is -0.117. The number of nitrogens with zero attached hydrogens (tertiary/aromatic N) is 2. The summed E-state index contributed by atoms with van der Waals surface area (Å²) in [5.74, 6) is 0.0620. The van der Waals surface area contributed by atoms with E-state index in [4.69, 9.17) is 4.98 Å². The molecule has 4 heteroatoms. The number of carbonyl (C=O) groups excluding carboxylic acids is 1. The zero-order chi connectivity index (χ0) is 17.9. The Morgan fingerprint density at radius 3 is 2.62 bits per heavy atom. The maximum absolute atomic E-state index is 12.6. The van der Waals surface area contributed by atoms with Gasteiger partial charge in [-0.1, -0.05) is 49.2 Å². The summed E-state index contributed by atoms with van der Waals surface area (Å²) in [6.45, 7) is 4.49. The normalized spacial score (nSPS) is 15.9. The first-order valence-corrected chi connectivity index (χ1v) is 9.52. The smallest absolute Gasteiger partial charge is 0.238 e. The number of nitrogens with one attached hydrogen (secondary N) is 1. The third kappa shape index (κ3) is 3.56. The number of aryl methyl sites for hydroxylation is 1. The van der Waals surface area contributed by atoms with E-state index in [1.165, 1.54) is 31.1 Å². The van der Waals surface area contributed by atoms with E-state index in [9.17, 15) is 4.79 Å². The molecule has 0 unspecified atom stereocenters. The predicted molar refractivity (Wildman–Crippen MR) is 108 cm³/mol. The van der Waals surface area contributed by atoms with Gasteiger partial charge < -0.3 is 5.32 Å². The fraction of sp³-hybridized carbons (Fsp3) is 0.364. The summed E-state index contributed by atoms with van der Waals surface area (Å²) < 4.78 is 0. The maximum atomic E-state index is 12.6. The highest BCUT2D eigenvalue weighted by molar-refractivity contribution is 6.11. The van der Waals surface area contributed by atoms with E-state index in [1.54, 1.807) is 0 Å². The van der Waals surface area contributed by atoms with Crippen molar-refractivity contribution in [2.45, 2.75) is 32.6 Å². The van der Waals surface area contributed by atoms with Crippen molar-refractivity contribution in [2.75, 3.05) is 25.0 Å². The van der Waals surface area contributed by atoms with Crippen LogP contribution in [0.2, 0.25) is 0 Å². The minimum Gasteiger partial charge on any atom is -0.324 e. The average molecular weight is 347 g/mol. The van der Waals surface area contributed by atoms with Crippen LogP contribution in [-0.2, 0) is 4.79 Å². The molecule has 0 saturated carbocycles. The molecule has 4 nitrogen and oxygen atoms in total. The maximum Gasteiger partial charge on any atom is 0.238 e. The lowest BCUT2D eigenvalue weighted by atomic mass is 10.0. The quantitative estimate of drug-likeness (QED) is 0.709. The molecule has 1 aliphatic rings. The molecule has 1 amide bonds. The number of pyridine rings is 1. The van der Waals surface area contributed by atoms with Gasteiger partial charge in [0.2, 0.25) is 5.91 Å². The Hall–Kier alpha value is -2.46. The molecule has 0 atom stereocenters. The molecule has 134 valence electrons. The number of hydrogen-bond acceptors (Lipinski definition) is 3. The number of benzene rings is 2. The van der Waals surface area contributed by atoms with Gasteiger partial charge in [0.1, 0.15) is 0 Å². The van der Waals surface area contributed by atoms with Crippen molar-refractivity contribution in [2.24, 2.45) is 0 Å². The van der Waals surface area contributed by atoms with Gasteiger partial charge in [0.25, 0.3) is 0 Å². The molecule has 0 spiro atoms. The highest BCUT2D eigenvalue weighted by atomic mass is 16.2. The molecule has 2 aromatic carbocycles. The predicted octanol–water partition coefficient (Wildman–Crippen LogP) is 4.51. The monoisotopic (exact) mass is 347 g/mol. The van der Waals surface area contributed by atoms with Crippen LogP contribution >= 0.6 is 0 Å². The van der Waals surface area contributed by atoms with E-state index in [0.717, 1.165) is 40.8 Å². The molecular weight excluding hydrogens is 322 g/mol. The summed E-state index contributed by atoms with van der Waals surface area (Å²) in [7, 11) is 0. The number of fused-ring (bicyclic) bond motifs is 3. The fourth-order valence-corrected chi connectivity index (χ4v) is 3.88. The summed E-state index contributed by atoms with van der Waals surface area (Å²) in [6.07, 6.45) is 4.94. The molecule has 0 radical (unpaired) electrons.